The van der Waals surface area contributed by atoms with Gasteiger partial charge >= 0.3 is 0 Å². The highest BCUT2D eigenvalue weighted by Gasteiger charge is 2.18. The monoisotopic (exact) mass is 371 g/mol. The molecule has 0 unspecified atom stereocenters. The number of aromatic nitrogens is 3. The van der Waals surface area contributed by atoms with E-state index in [4.69, 9.17) is 18.9 Å². The Morgan fingerprint density at radius 1 is 0.852 bits per heavy atom. The molecule has 142 valence electrons. The Bertz CT molecular complexity index is 914. The molecule has 0 fully saturated rings. The molecule has 8 heteroatoms. The van der Waals surface area contributed by atoms with Crippen LogP contribution in [0.1, 0.15) is 11.3 Å². The Labute approximate surface area is 156 Å². The average molecular weight is 371 g/mol. The SMILES string of the molecule is COc1ccc(Cc2n[nH]nc2-c2cc(OC)c(OC)c(OC)c2)cc1O. The summed E-state index contributed by atoms with van der Waals surface area (Å²) in [7, 11) is 6.18. The van der Waals surface area contributed by atoms with Crippen LogP contribution in [0.2, 0.25) is 0 Å². The van der Waals surface area contributed by atoms with Crippen LogP contribution in [-0.2, 0) is 6.42 Å². The smallest absolute Gasteiger partial charge is 0.203 e. The van der Waals surface area contributed by atoms with Gasteiger partial charge < -0.3 is 24.1 Å². The number of H-pyrrole nitrogens is 1. The molecule has 0 aliphatic carbocycles. The lowest BCUT2D eigenvalue weighted by Gasteiger charge is -2.13. The van der Waals surface area contributed by atoms with Gasteiger partial charge in [0, 0.05) is 12.0 Å². The highest BCUT2D eigenvalue weighted by Crippen LogP contribution is 2.41. The number of aromatic hydroxyl groups is 1. The van der Waals surface area contributed by atoms with Crippen molar-refractivity contribution >= 4 is 0 Å². The number of phenolic OH excluding ortho intramolecular Hbond substituents is 1. The predicted octanol–water partition coefficient (Wildman–Crippen LogP) is 2.80. The van der Waals surface area contributed by atoms with Crippen LogP contribution < -0.4 is 18.9 Å². The molecule has 0 amide bonds. The number of rotatable bonds is 7. The summed E-state index contributed by atoms with van der Waals surface area (Å²) in [6, 6.07) is 8.85. The summed E-state index contributed by atoms with van der Waals surface area (Å²) in [4.78, 5) is 0. The highest BCUT2D eigenvalue weighted by atomic mass is 16.5. The minimum absolute atomic E-state index is 0.0767. The first-order valence-corrected chi connectivity index (χ1v) is 8.17. The Hall–Kier alpha value is -3.42. The number of nitrogens with one attached hydrogen (secondary N) is 1. The van der Waals surface area contributed by atoms with Crippen LogP contribution in [-0.4, -0.2) is 49.0 Å². The molecule has 0 aliphatic rings. The topological polar surface area (TPSA) is 98.7 Å². The number of hydrogen-bond donors (Lipinski definition) is 2. The number of ether oxygens (including phenoxy) is 4. The fourth-order valence-electron chi connectivity index (χ4n) is 2.86. The molecule has 3 rings (SSSR count). The first-order valence-electron chi connectivity index (χ1n) is 8.17. The lowest BCUT2D eigenvalue weighted by atomic mass is 10.0. The lowest BCUT2D eigenvalue weighted by molar-refractivity contribution is 0.324. The Kier molecular flexibility index (Phi) is 5.35. The maximum absolute atomic E-state index is 9.98. The van der Waals surface area contributed by atoms with Crippen molar-refractivity contribution in [3.8, 4) is 40.0 Å². The molecule has 3 aromatic rings. The third kappa shape index (κ3) is 3.59. The zero-order chi connectivity index (χ0) is 19.4. The maximum Gasteiger partial charge on any atom is 0.203 e. The van der Waals surface area contributed by atoms with E-state index in [1.807, 2.05) is 18.2 Å². The number of benzene rings is 2. The number of phenols is 1. The minimum Gasteiger partial charge on any atom is -0.504 e. The molecular weight excluding hydrogens is 350 g/mol. The molecular formula is C19H21N3O5. The van der Waals surface area contributed by atoms with E-state index in [0.29, 0.717) is 40.8 Å². The first-order chi connectivity index (χ1) is 13.1. The normalized spacial score (nSPS) is 10.5. The van der Waals surface area contributed by atoms with Gasteiger partial charge in [-0.2, -0.15) is 15.4 Å². The largest absolute Gasteiger partial charge is 0.504 e. The van der Waals surface area contributed by atoms with E-state index in [1.54, 1.807) is 33.5 Å². The summed E-state index contributed by atoms with van der Waals surface area (Å²) < 4.78 is 21.2. The second kappa shape index (κ2) is 7.86. The zero-order valence-electron chi connectivity index (χ0n) is 15.6. The summed E-state index contributed by atoms with van der Waals surface area (Å²) in [5.41, 5.74) is 3.01. The summed E-state index contributed by atoms with van der Waals surface area (Å²) >= 11 is 0. The second-order valence-corrected chi connectivity index (χ2v) is 5.72. The van der Waals surface area contributed by atoms with Gasteiger partial charge in [0.2, 0.25) is 5.75 Å². The molecule has 0 saturated carbocycles. The van der Waals surface area contributed by atoms with Gasteiger partial charge in [-0.3, -0.25) is 0 Å². The van der Waals surface area contributed by atoms with Crippen LogP contribution in [0.15, 0.2) is 30.3 Å². The van der Waals surface area contributed by atoms with Gasteiger partial charge in [-0.25, -0.2) is 0 Å². The van der Waals surface area contributed by atoms with Crippen molar-refractivity contribution < 1.29 is 24.1 Å². The first kappa shape index (κ1) is 18.4. The van der Waals surface area contributed by atoms with Crippen LogP contribution in [0.25, 0.3) is 11.3 Å². The molecule has 1 aromatic heterocycles. The molecule has 2 N–H and O–H groups in total. The molecule has 0 aliphatic heterocycles. The van der Waals surface area contributed by atoms with E-state index in [0.717, 1.165) is 11.1 Å². The van der Waals surface area contributed by atoms with Crippen molar-refractivity contribution in [2.45, 2.75) is 6.42 Å². The summed E-state index contributed by atoms with van der Waals surface area (Å²) in [6.07, 6.45) is 0.472. The highest BCUT2D eigenvalue weighted by molar-refractivity contribution is 5.70. The van der Waals surface area contributed by atoms with Crippen molar-refractivity contribution in [2.75, 3.05) is 28.4 Å². The van der Waals surface area contributed by atoms with Crippen LogP contribution in [0.5, 0.6) is 28.7 Å². The molecule has 1 heterocycles. The molecule has 0 saturated heterocycles. The average Bonchev–Trinajstić information content (AvgIpc) is 3.15. The number of nitrogens with zero attached hydrogens (tertiary/aromatic N) is 2. The van der Waals surface area contributed by atoms with Gasteiger partial charge in [-0.15, -0.1) is 0 Å². The van der Waals surface area contributed by atoms with Gasteiger partial charge in [0.15, 0.2) is 23.0 Å². The van der Waals surface area contributed by atoms with Crippen LogP contribution in [0.3, 0.4) is 0 Å². The molecule has 8 nitrogen and oxygen atoms in total. The number of methoxy groups -OCH3 is 4. The van der Waals surface area contributed by atoms with Crippen LogP contribution in [0, 0.1) is 0 Å². The quantitative estimate of drug-likeness (QED) is 0.659. The van der Waals surface area contributed by atoms with E-state index in [9.17, 15) is 5.11 Å². The standard InChI is InChI=1S/C19H21N3O5/c1-24-15-6-5-11(8-14(15)23)7-13-18(21-22-20-13)12-9-16(25-2)19(27-4)17(10-12)26-3/h5-6,8-10,23H,7H2,1-4H3,(H,20,21,22). The van der Waals surface area contributed by atoms with E-state index in [1.165, 1.54) is 7.11 Å². The van der Waals surface area contributed by atoms with Crippen molar-refractivity contribution in [1.82, 2.24) is 15.4 Å². The van der Waals surface area contributed by atoms with Gasteiger partial charge in [0.25, 0.3) is 0 Å². The van der Waals surface area contributed by atoms with Crippen LogP contribution in [0.4, 0.5) is 0 Å². The molecule has 2 aromatic carbocycles. The number of aromatic amines is 1. The van der Waals surface area contributed by atoms with Crippen molar-refractivity contribution in [1.29, 1.82) is 0 Å². The maximum atomic E-state index is 9.98. The fourth-order valence-corrected chi connectivity index (χ4v) is 2.86. The molecule has 0 atom stereocenters. The second-order valence-electron chi connectivity index (χ2n) is 5.72. The summed E-state index contributed by atoms with van der Waals surface area (Å²) in [5.74, 6) is 2.07. The summed E-state index contributed by atoms with van der Waals surface area (Å²) in [6.45, 7) is 0. The Morgan fingerprint density at radius 3 is 2.07 bits per heavy atom. The summed E-state index contributed by atoms with van der Waals surface area (Å²) in [5, 5.41) is 21.2. The molecule has 0 radical (unpaired) electrons. The van der Waals surface area contributed by atoms with E-state index in [-0.39, 0.29) is 5.75 Å². The van der Waals surface area contributed by atoms with E-state index >= 15 is 0 Å². The number of hydrogen-bond acceptors (Lipinski definition) is 7. The fraction of sp³-hybridized carbons (Fsp3) is 0.263. The molecule has 0 spiro atoms. The Balaban J connectivity index is 1.99. The van der Waals surface area contributed by atoms with Gasteiger partial charge in [0.1, 0.15) is 5.69 Å². The van der Waals surface area contributed by atoms with Gasteiger partial charge in [-0.05, 0) is 29.8 Å². The van der Waals surface area contributed by atoms with Crippen molar-refractivity contribution in [3.05, 3.63) is 41.6 Å². The minimum atomic E-state index is 0.0767. The zero-order valence-corrected chi connectivity index (χ0v) is 15.6. The third-order valence-corrected chi connectivity index (χ3v) is 4.17. The Morgan fingerprint density at radius 2 is 1.52 bits per heavy atom. The van der Waals surface area contributed by atoms with Crippen molar-refractivity contribution in [3.63, 3.8) is 0 Å². The van der Waals surface area contributed by atoms with Gasteiger partial charge in [-0.1, -0.05) is 6.07 Å². The molecule has 0 bridgehead atoms. The van der Waals surface area contributed by atoms with E-state index < -0.39 is 0 Å². The third-order valence-electron chi connectivity index (χ3n) is 4.17. The lowest BCUT2D eigenvalue weighted by Crippen LogP contribution is -1.97. The predicted molar refractivity (Wildman–Crippen MR) is 98.9 cm³/mol. The van der Waals surface area contributed by atoms with Crippen LogP contribution >= 0.6 is 0 Å². The van der Waals surface area contributed by atoms with Gasteiger partial charge in [0.05, 0.1) is 34.1 Å². The van der Waals surface area contributed by atoms with Crippen molar-refractivity contribution in [2.24, 2.45) is 0 Å². The van der Waals surface area contributed by atoms with E-state index in [2.05, 4.69) is 15.4 Å². The molecule has 27 heavy (non-hydrogen) atoms.